The molecule has 1 saturated carbocycles. The fourth-order valence-corrected chi connectivity index (χ4v) is 1.96. The van der Waals surface area contributed by atoms with Gasteiger partial charge in [0.05, 0.1) is 13.7 Å². The van der Waals surface area contributed by atoms with Gasteiger partial charge in [-0.05, 0) is 36.5 Å². The summed E-state index contributed by atoms with van der Waals surface area (Å²) >= 11 is 0. The lowest BCUT2D eigenvalue weighted by Crippen LogP contribution is -2.38. The van der Waals surface area contributed by atoms with Crippen LogP contribution in [0.1, 0.15) is 18.4 Å². The van der Waals surface area contributed by atoms with Gasteiger partial charge in [-0.3, -0.25) is 4.99 Å². The van der Waals surface area contributed by atoms with Crippen molar-refractivity contribution in [1.82, 2.24) is 10.6 Å². The van der Waals surface area contributed by atoms with Gasteiger partial charge < -0.3 is 20.1 Å². The first-order valence-corrected chi connectivity index (χ1v) is 7.47. The van der Waals surface area contributed by atoms with E-state index in [0.29, 0.717) is 6.54 Å². The average molecular weight is 291 g/mol. The van der Waals surface area contributed by atoms with E-state index in [9.17, 15) is 0 Å². The highest BCUT2D eigenvalue weighted by molar-refractivity contribution is 5.79. The molecule has 0 atom stereocenters. The van der Waals surface area contributed by atoms with E-state index in [0.717, 1.165) is 42.9 Å². The van der Waals surface area contributed by atoms with E-state index in [1.54, 1.807) is 14.2 Å². The van der Waals surface area contributed by atoms with Crippen LogP contribution in [0.2, 0.25) is 0 Å². The van der Waals surface area contributed by atoms with Crippen molar-refractivity contribution in [3.63, 3.8) is 0 Å². The second-order valence-corrected chi connectivity index (χ2v) is 5.22. The number of hydrogen-bond acceptors (Lipinski definition) is 3. The summed E-state index contributed by atoms with van der Waals surface area (Å²) in [4.78, 5) is 4.20. The van der Waals surface area contributed by atoms with Crippen LogP contribution in [0.5, 0.6) is 5.75 Å². The summed E-state index contributed by atoms with van der Waals surface area (Å²) in [5, 5.41) is 6.52. The van der Waals surface area contributed by atoms with Crippen molar-refractivity contribution in [2.75, 3.05) is 33.9 Å². The molecule has 1 aliphatic carbocycles. The summed E-state index contributed by atoms with van der Waals surface area (Å²) < 4.78 is 10.8. The fraction of sp³-hybridized carbons (Fsp3) is 0.562. The van der Waals surface area contributed by atoms with Crippen LogP contribution in [0.25, 0.3) is 0 Å². The van der Waals surface area contributed by atoms with Gasteiger partial charge in [-0.15, -0.1) is 0 Å². The largest absolute Gasteiger partial charge is 0.497 e. The van der Waals surface area contributed by atoms with Gasteiger partial charge in [-0.1, -0.05) is 12.1 Å². The van der Waals surface area contributed by atoms with Gasteiger partial charge in [0.25, 0.3) is 0 Å². The predicted molar refractivity (Wildman–Crippen MR) is 84.7 cm³/mol. The molecule has 0 spiro atoms. The number of methoxy groups -OCH3 is 1. The highest BCUT2D eigenvalue weighted by atomic mass is 16.5. The molecule has 0 saturated heterocycles. The van der Waals surface area contributed by atoms with E-state index in [2.05, 4.69) is 21.7 Å². The van der Waals surface area contributed by atoms with Crippen LogP contribution in [0.4, 0.5) is 0 Å². The predicted octanol–water partition coefficient (Wildman–Crippen LogP) is 1.79. The lowest BCUT2D eigenvalue weighted by atomic mass is 10.2. The molecule has 1 aliphatic rings. The molecule has 0 unspecified atom stereocenters. The molecule has 116 valence electrons. The van der Waals surface area contributed by atoms with Gasteiger partial charge in [0.15, 0.2) is 5.96 Å². The van der Waals surface area contributed by atoms with Gasteiger partial charge in [0.1, 0.15) is 5.75 Å². The van der Waals surface area contributed by atoms with Crippen molar-refractivity contribution in [3.8, 4) is 5.75 Å². The summed E-state index contributed by atoms with van der Waals surface area (Å²) in [5.41, 5.74) is 1.15. The lowest BCUT2D eigenvalue weighted by molar-refractivity contribution is 0.129. The van der Waals surface area contributed by atoms with Gasteiger partial charge in [-0.25, -0.2) is 0 Å². The number of hydrogen-bond donors (Lipinski definition) is 2. The molecule has 21 heavy (non-hydrogen) atoms. The summed E-state index contributed by atoms with van der Waals surface area (Å²) in [7, 11) is 3.45. The standard InChI is InChI=1S/C16H25N3O2/c1-17-16(18-8-9-21-12-13-6-7-13)19-11-14-4-3-5-15(10-14)20-2/h3-5,10,13H,6-9,11-12H2,1-2H3,(H2,17,18,19). The number of guanidine groups is 1. The van der Waals surface area contributed by atoms with Crippen LogP contribution in [0.3, 0.4) is 0 Å². The Bertz CT molecular complexity index is 459. The molecule has 1 aromatic carbocycles. The zero-order valence-electron chi connectivity index (χ0n) is 12.9. The fourth-order valence-electron chi connectivity index (χ4n) is 1.96. The molecule has 2 N–H and O–H groups in total. The second kappa shape index (κ2) is 8.52. The van der Waals surface area contributed by atoms with Crippen LogP contribution in [-0.2, 0) is 11.3 Å². The van der Waals surface area contributed by atoms with Crippen molar-refractivity contribution in [1.29, 1.82) is 0 Å². The van der Waals surface area contributed by atoms with E-state index in [1.807, 2.05) is 18.2 Å². The van der Waals surface area contributed by atoms with Gasteiger partial charge in [0, 0.05) is 26.7 Å². The molecule has 0 heterocycles. The van der Waals surface area contributed by atoms with Crippen LogP contribution < -0.4 is 15.4 Å². The Morgan fingerprint density at radius 2 is 2.19 bits per heavy atom. The third-order valence-corrected chi connectivity index (χ3v) is 3.41. The zero-order chi connectivity index (χ0) is 14.9. The highest BCUT2D eigenvalue weighted by Gasteiger charge is 2.20. The first kappa shape index (κ1) is 15.6. The van der Waals surface area contributed by atoms with E-state index in [4.69, 9.17) is 9.47 Å². The molecule has 1 aromatic rings. The number of nitrogens with zero attached hydrogens (tertiary/aromatic N) is 1. The topological polar surface area (TPSA) is 54.9 Å². The Hall–Kier alpha value is -1.75. The minimum Gasteiger partial charge on any atom is -0.497 e. The SMILES string of the molecule is CN=C(NCCOCC1CC1)NCc1cccc(OC)c1. The van der Waals surface area contributed by atoms with Crippen LogP contribution in [-0.4, -0.2) is 39.9 Å². The molecule has 0 bridgehead atoms. The van der Waals surface area contributed by atoms with Crippen molar-refractivity contribution < 1.29 is 9.47 Å². The molecule has 0 amide bonds. The number of aliphatic imine (C=N–C) groups is 1. The third kappa shape index (κ3) is 6.04. The Labute approximate surface area is 126 Å². The zero-order valence-corrected chi connectivity index (χ0v) is 12.9. The first-order chi connectivity index (χ1) is 10.3. The molecule has 5 heteroatoms. The average Bonchev–Trinajstić information content (AvgIpc) is 3.34. The minimum atomic E-state index is 0.708. The summed E-state index contributed by atoms with van der Waals surface area (Å²) in [5.74, 6) is 2.47. The molecular formula is C16H25N3O2. The van der Waals surface area contributed by atoms with E-state index >= 15 is 0 Å². The van der Waals surface area contributed by atoms with Crippen LogP contribution in [0.15, 0.2) is 29.3 Å². The molecule has 0 radical (unpaired) electrons. The highest BCUT2D eigenvalue weighted by Crippen LogP contribution is 2.28. The smallest absolute Gasteiger partial charge is 0.191 e. The summed E-state index contributed by atoms with van der Waals surface area (Å²) in [6.45, 7) is 3.10. The third-order valence-electron chi connectivity index (χ3n) is 3.41. The quantitative estimate of drug-likeness (QED) is 0.435. The van der Waals surface area contributed by atoms with Gasteiger partial charge >= 0.3 is 0 Å². The Balaban J connectivity index is 1.64. The number of benzene rings is 1. The van der Waals surface area contributed by atoms with Crippen molar-refractivity contribution in [3.05, 3.63) is 29.8 Å². The van der Waals surface area contributed by atoms with Crippen molar-refractivity contribution in [2.45, 2.75) is 19.4 Å². The van der Waals surface area contributed by atoms with Gasteiger partial charge in [0.2, 0.25) is 0 Å². The molecule has 2 rings (SSSR count). The monoisotopic (exact) mass is 291 g/mol. The maximum atomic E-state index is 5.58. The van der Waals surface area contributed by atoms with E-state index in [-0.39, 0.29) is 0 Å². The van der Waals surface area contributed by atoms with E-state index in [1.165, 1.54) is 12.8 Å². The second-order valence-electron chi connectivity index (χ2n) is 5.22. The van der Waals surface area contributed by atoms with Crippen LogP contribution in [0, 0.1) is 5.92 Å². The molecule has 0 aromatic heterocycles. The Morgan fingerprint density at radius 3 is 2.90 bits per heavy atom. The first-order valence-electron chi connectivity index (χ1n) is 7.47. The van der Waals surface area contributed by atoms with Crippen molar-refractivity contribution in [2.24, 2.45) is 10.9 Å². The normalized spacial score (nSPS) is 14.9. The molecular weight excluding hydrogens is 266 g/mol. The summed E-state index contributed by atoms with van der Waals surface area (Å²) in [6, 6.07) is 7.99. The molecule has 0 aliphatic heterocycles. The maximum Gasteiger partial charge on any atom is 0.191 e. The van der Waals surface area contributed by atoms with E-state index < -0.39 is 0 Å². The summed E-state index contributed by atoms with van der Waals surface area (Å²) in [6.07, 6.45) is 2.66. The minimum absolute atomic E-state index is 0.708. The Morgan fingerprint density at radius 1 is 1.33 bits per heavy atom. The van der Waals surface area contributed by atoms with Crippen LogP contribution >= 0.6 is 0 Å². The molecule has 1 fully saturated rings. The number of nitrogens with one attached hydrogen (secondary N) is 2. The molecule has 5 nitrogen and oxygen atoms in total. The van der Waals surface area contributed by atoms with Gasteiger partial charge in [-0.2, -0.15) is 0 Å². The maximum absolute atomic E-state index is 5.58. The number of ether oxygens (including phenoxy) is 2. The Kier molecular flexibility index (Phi) is 6.34. The van der Waals surface area contributed by atoms with Crippen molar-refractivity contribution >= 4 is 5.96 Å². The number of rotatable bonds is 8. The lowest BCUT2D eigenvalue weighted by Gasteiger charge is -2.12.